The fourth-order valence-electron chi connectivity index (χ4n) is 1.52. The van der Waals surface area contributed by atoms with Gasteiger partial charge in [-0.15, -0.1) is 5.10 Å². The van der Waals surface area contributed by atoms with Crippen LogP contribution in [-0.2, 0) is 13.7 Å². The summed E-state index contributed by atoms with van der Waals surface area (Å²) in [6.07, 6.45) is 0. The molecule has 0 saturated heterocycles. The van der Waals surface area contributed by atoms with E-state index in [9.17, 15) is 0 Å². The van der Waals surface area contributed by atoms with Gasteiger partial charge in [-0.3, -0.25) is 4.68 Å². The lowest BCUT2D eigenvalue weighted by molar-refractivity contribution is 0.290. The molecule has 0 amide bonds. The summed E-state index contributed by atoms with van der Waals surface area (Å²) in [6, 6.07) is 9.73. The van der Waals surface area contributed by atoms with Gasteiger partial charge >= 0.3 is 0 Å². The van der Waals surface area contributed by atoms with Gasteiger partial charge in [-0.25, -0.2) is 0 Å². The Kier molecular flexibility index (Phi) is 3.32. The Labute approximate surface area is 101 Å². The summed E-state index contributed by atoms with van der Waals surface area (Å²) >= 11 is 0. The molecule has 0 aliphatic rings. The fourth-order valence-corrected chi connectivity index (χ4v) is 1.52. The van der Waals surface area contributed by atoms with E-state index in [4.69, 9.17) is 9.47 Å². The average Bonchev–Trinajstić information content (AvgIpc) is 2.67. The van der Waals surface area contributed by atoms with E-state index >= 15 is 0 Å². The van der Waals surface area contributed by atoms with Crippen molar-refractivity contribution in [2.24, 2.45) is 7.05 Å². The number of ether oxygens (including phenoxy) is 2. The fraction of sp³-hybridized carbons (Fsp3) is 0.308. The van der Waals surface area contributed by atoms with E-state index in [1.165, 1.54) is 0 Å². The number of methoxy groups -OCH3 is 1. The van der Waals surface area contributed by atoms with E-state index in [-0.39, 0.29) is 0 Å². The monoisotopic (exact) mass is 232 g/mol. The lowest BCUT2D eigenvalue weighted by Gasteiger charge is -2.05. The molecule has 0 radical (unpaired) electrons. The van der Waals surface area contributed by atoms with Crippen molar-refractivity contribution >= 4 is 0 Å². The predicted octanol–water partition coefficient (Wildman–Crippen LogP) is 2.32. The van der Waals surface area contributed by atoms with E-state index in [2.05, 4.69) is 5.10 Å². The molecule has 0 aliphatic carbocycles. The first-order valence-corrected chi connectivity index (χ1v) is 5.45. The van der Waals surface area contributed by atoms with Crippen LogP contribution in [0, 0.1) is 6.92 Å². The first-order chi connectivity index (χ1) is 8.19. The van der Waals surface area contributed by atoms with Gasteiger partial charge in [0.1, 0.15) is 12.4 Å². The summed E-state index contributed by atoms with van der Waals surface area (Å²) in [6.45, 7) is 2.49. The van der Waals surface area contributed by atoms with Crippen molar-refractivity contribution in [1.29, 1.82) is 0 Å². The van der Waals surface area contributed by atoms with Crippen LogP contribution in [-0.4, -0.2) is 16.9 Å². The Hall–Kier alpha value is -1.97. The van der Waals surface area contributed by atoms with Crippen molar-refractivity contribution in [2.75, 3.05) is 7.11 Å². The number of nitrogens with zero attached hydrogens (tertiary/aromatic N) is 2. The van der Waals surface area contributed by atoms with E-state index in [0.29, 0.717) is 12.5 Å². The Morgan fingerprint density at radius 2 is 2.12 bits per heavy atom. The number of rotatable bonds is 4. The van der Waals surface area contributed by atoms with Gasteiger partial charge in [0, 0.05) is 18.8 Å². The molecule has 1 aromatic carbocycles. The van der Waals surface area contributed by atoms with Gasteiger partial charge in [0.2, 0.25) is 5.88 Å². The second kappa shape index (κ2) is 4.91. The Morgan fingerprint density at radius 3 is 2.76 bits per heavy atom. The zero-order valence-electron chi connectivity index (χ0n) is 10.3. The van der Waals surface area contributed by atoms with Crippen LogP contribution in [0.25, 0.3) is 0 Å². The second-order valence-electron chi connectivity index (χ2n) is 3.89. The molecule has 0 unspecified atom stereocenters. The average molecular weight is 232 g/mol. The largest absolute Gasteiger partial charge is 0.497 e. The zero-order valence-corrected chi connectivity index (χ0v) is 10.3. The number of hydrogen-bond acceptors (Lipinski definition) is 3. The summed E-state index contributed by atoms with van der Waals surface area (Å²) in [4.78, 5) is 0. The number of aryl methyl sites for hydroxylation is 2. The standard InChI is InChI=1S/C13H16N2O2/c1-10-7-13(14-15(10)2)17-9-11-5-4-6-12(8-11)16-3/h4-8H,9H2,1-3H3. The van der Waals surface area contributed by atoms with Crippen molar-refractivity contribution < 1.29 is 9.47 Å². The SMILES string of the molecule is COc1cccc(COc2cc(C)n(C)n2)c1. The summed E-state index contributed by atoms with van der Waals surface area (Å²) in [5, 5.41) is 4.23. The minimum absolute atomic E-state index is 0.494. The Bertz CT molecular complexity index is 486. The van der Waals surface area contributed by atoms with Crippen molar-refractivity contribution in [2.45, 2.75) is 13.5 Å². The highest BCUT2D eigenvalue weighted by Crippen LogP contribution is 2.15. The van der Waals surface area contributed by atoms with Crippen LogP contribution in [0.15, 0.2) is 30.3 Å². The van der Waals surface area contributed by atoms with Crippen molar-refractivity contribution in [3.63, 3.8) is 0 Å². The molecule has 0 atom stereocenters. The maximum atomic E-state index is 5.61. The number of hydrogen-bond donors (Lipinski definition) is 0. The zero-order chi connectivity index (χ0) is 12.3. The molecule has 90 valence electrons. The van der Waals surface area contributed by atoms with Crippen LogP contribution in [0.5, 0.6) is 11.6 Å². The molecule has 0 bridgehead atoms. The second-order valence-corrected chi connectivity index (χ2v) is 3.89. The minimum atomic E-state index is 0.494. The van der Waals surface area contributed by atoms with Crippen molar-refractivity contribution in [3.8, 4) is 11.6 Å². The van der Waals surface area contributed by atoms with E-state index in [1.54, 1.807) is 11.8 Å². The van der Waals surface area contributed by atoms with Crippen LogP contribution in [0.3, 0.4) is 0 Å². The normalized spacial score (nSPS) is 10.3. The third-order valence-electron chi connectivity index (χ3n) is 2.61. The Morgan fingerprint density at radius 1 is 1.29 bits per heavy atom. The molecule has 1 heterocycles. The third-order valence-corrected chi connectivity index (χ3v) is 2.61. The summed E-state index contributed by atoms with van der Waals surface area (Å²) < 4.78 is 12.6. The topological polar surface area (TPSA) is 36.3 Å². The quantitative estimate of drug-likeness (QED) is 0.811. The first-order valence-electron chi connectivity index (χ1n) is 5.45. The molecule has 1 aromatic heterocycles. The van der Waals surface area contributed by atoms with E-state index < -0.39 is 0 Å². The maximum absolute atomic E-state index is 5.61. The molecule has 4 nitrogen and oxygen atoms in total. The van der Waals surface area contributed by atoms with Gasteiger partial charge in [0.15, 0.2) is 0 Å². The number of benzene rings is 1. The predicted molar refractivity (Wildman–Crippen MR) is 65.3 cm³/mol. The van der Waals surface area contributed by atoms with Crippen LogP contribution in [0.1, 0.15) is 11.3 Å². The van der Waals surface area contributed by atoms with Gasteiger partial charge in [0.25, 0.3) is 0 Å². The maximum Gasteiger partial charge on any atom is 0.233 e. The lowest BCUT2D eigenvalue weighted by atomic mass is 10.2. The van der Waals surface area contributed by atoms with Gasteiger partial charge in [-0.2, -0.15) is 0 Å². The minimum Gasteiger partial charge on any atom is -0.497 e. The molecule has 0 fully saturated rings. The number of aromatic nitrogens is 2. The van der Waals surface area contributed by atoms with Crippen LogP contribution < -0.4 is 9.47 Å². The highest BCUT2D eigenvalue weighted by molar-refractivity contribution is 5.28. The molecule has 0 spiro atoms. The molecule has 2 aromatic rings. The van der Waals surface area contributed by atoms with Crippen LogP contribution in [0.2, 0.25) is 0 Å². The molecule has 0 N–H and O–H groups in total. The smallest absolute Gasteiger partial charge is 0.233 e. The first kappa shape index (κ1) is 11.5. The molecule has 17 heavy (non-hydrogen) atoms. The van der Waals surface area contributed by atoms with Crippen molar-refractivity contribution in [3.05, 3.63) is 41.6 Å². The highest BCUT2D eigenvalue weighted by atomic mass is 16.5. The Balaban J connectivity index is 2.01. The summed E-state index contributed by atoms with van der Waals surface area (Å²) in [5.41, 5.74) is 2.14. The van der Waals surface area contributed by atoms with E-state index in [1.807, 2.05) is 44.3 Å². The third kappa shape index (κ3) is 2.78. The molecule has 2 rings (SSSR count). The van der Waals surface area contributed by atoms with Gasteiger partial charge in [-0.1, -0.05) is 12.1 Å². The molecular formula is C13H16N2O2. The molecule has 4 heteroatoms. The lowest BCUT2D eigenvalue weighted by Crippen LogP contribution is -1.97. The van der Waals surface area contributed by atoms with Gasteiger partial charge < -0.3 is 9.47 Å². The van der Waals surface area contributed by atoms with E-state index in [0.717, 1.165) is 17.0 Å². The molecule has 0 aliphatic heterocycles. The van der Waals surface area contributed by atoms with Crippen LogP contribution >= 0.6 is 0 Å². The van der Waals surface area contributed by atoms with Gasteiger partial charge in [0.05, 0.1) is 7.11 Å². The summed E-state index contributed by atoms with van der Waals surface area (Å²) in [5.74, 6) is 1.48. The molecular weight excluding hydrogens is 216 g/mol. The van der Waals surface area contributed by atoms with Gasteiger partial charge in [-0.05, 0) is 24.6 Å². The summed E-state index contributed by atoms with van der Waals surface area (Å²) in [7, 11) is 3.55. The van der Waals surface area contributed by atoms with Crippen LogP contribution in [0.4, 0.5) is 0 Å². The van der Waals surface area contributed by atoms with Crippen molar-refractivity contribution in [1.82, 2.24) is 9.78 Å². The highest BCUT2D eigenvalue weighted by Gasteiger charge is 2.02. The molecule has 0 saturated carbocycles.